The van der Waals surface area contributed by atoms with Crippen LogP contribution in [-0.2, 0) is 0 Å². The number of anilines is 2. The molecule has 1 amide bonds. The van der Waals surface area contributed by atoms with Crippen LogP contribution in [0.3, 0.4) is 0 Å². The molecule has 0 aliphatic carbocycles. The van der Waals surface area contributed by atoms with E-state index >= 15 is 0 Å². The fourth-order valence-corrected chi connectivity index (χ4v) is 4.54. The van der Waals surface area contributed by atoms with Gasteiger partial charge in [-0.2, -0.15) is 0 Å². The van der Waals surface area contributed by atoms with Gasteiger partial charge in [0.1, 0.15) is 5.82 Å². The summed E-state index contributed by atoms with van der Waals surface area (Å²) in [5.41, 5.74) is 2.93. The fourth-order valence-electron chi connectivity index (χ4n) is 4.54. The topological polar surface area (TPSA) is 38.8 Å². The third-order valence-electron chi connectivity index (χ3n) is 6.57. The van der Waals surface area contributed by atoms with Gasteiger partial charge in [0, 0.05) is 68.8 Å². The number of carbonyl (C=O) groups is 1. The summed E-state index contributed by atoms with van der Waals surface area (Å²) in [7, 11) is 0. The van der Waals surface area contributed by atoms with Crippen molar-refractivity contribution >= 4 is 17.3 Å². The molecule has 4 rings (SSSR count). The van der Waals surface area contributed by atoms with Crippen LogP contribution in [-0.4, -0.2) is 62.7 Å². The number of benzene rings is 2. The molecule has 1 N–H and O–H groups in total. The van der Waals surface area contributed by atoms with E-state index in [9.17, 15) is 9.18 Å². The normalized spacial score (nSPS) is 19.8. The molecule has 2 aliphatic rings. The molecule has 5 nitrogen and oxygen atoms in total. The third kappa shape index (κ3) is 5.37. The van der Waals surface area contributed by atoms with E-state index in [0.717, 1.165) is 51.4 Å². The summed E-state index contributed by atoms with van der Waals surface area (Å²) >= 11 is 0. The minimum absolute atomic E-state index is 0.0172. The van der Waals surface area contributed by atoms with Gasteiger partial charge in [-0.15, -0.1) is 0 Å². The number of hydrogen-bond acceptors (Lipinski definition) is 4. The van der Waals surface area contributed by atoms with Crippen LogP contribution in [0.4, 0.5) is 15.8 Å². The zero-order valence-corrected chi connectivity index (χ0v) is 18.6. The second kappa shape index (κ2) is 9.69. The zero-order valence-electron chi connectivity index (χ0n) is 18.6. The van der Waals surface area contributed by atoms with Crippen molar-refractivity contribution in [1.82, 2.24) is 10.2 Å². The molecule has 2 aromatic carbocycles. The first-order valence-electron chi connectivity index (χ1n) is 11.4. The highest BCUT2D eigenvalue weighted by Crippen LogP contribution is 2.24. The van der Waals surface area contributed by atoms with Gasteiger partial charge in [0.05, 0.1) is 0 Å². The van der Waals surface area contributed by atoms with Crippen molar-refractivity contribution in [1.29, 1.82) is 0 Å². The molecule has 2 aliphatic heterocycles. The van der Waals surface area contributed by atoms with Gasteiger partial charge in [0.25, 0.3) is 5.91 Å². The Hall–Kier alpha value is -2.60. The third-order valence-corrected chi connectivity index (χ3v) is 6.57. The fraction of sp³-hybridized carbons (Fsp3) is 0.480. The van der Waals surface area contributed by atoms with Gasteiger partial charge in [-0.1, -0.05) is 0 Å². The van der Waals surface area contributed by atoms with Crippen molar-refractivity contribution in [3.63, 3.8) is 0 Å². The SMILES string of the molecule is CC(C)N1CCN(c2ccc(C(=O)NCC3CCN(c4ccc(F)cc4)C3)cc2)CC1. The molecule has 6 heteroatoms. The largest absolute Gasteiger partial charge is 0.371 e. The minimum Gasteiger partial charge on any atom is -0.371 e. The van der Waals surface area contributed by atoms with Crippen LogP contribution < -0.4 is 15.1 Å². The Bertz CT molecular complexity index is 860. The molecule has 1 unspecified atom stereocenters. The predicted molar refractivity (Wildman–Crippen MR) is 124 cm³/mol. The van der Waals surface area contributed by atoms with Gasteiger partial charge in [-0.3, -0.25) is 9.69 Å². The Kier molecular flexibility index (Phi) is 6.76. The van der Waals surface area contributed by atoms with Crippen molar-refractivity contribution in [3.05, 3.63) is 59.9 Å². The number of nitrogens with zero attached hydrogens (tertiary/aromatic N) is 3. The van der Waals surface area contributed by atoms with Crippen LogP contribution in [0.2, 0.25) is 0 Å². The smallest absolute Gasteiger partial charge is 0.251 e. The van der Waals surface area contributed by atoms with Crippen LogP contribution in [0.5, 0.6) is 0 Å². The molecule has 0 bridgehead atoms. The molecule has 0 aromatic heterocycles. The monoisotopic (exact) mass is 424 g/mol. The summed E-state index contributed by atoms with van der Waals surface area (Å²) in [4.78, 5) is 19.8. The van der Waals surface area contributed by atoms with Crippen LogP contribution in [0.15, 0.2) is 48.5 Å². The lowest BCUT2D eigenvalue weighted by atomic mass is 10.1. The molecule has 166 valence electrons. The molecular weight excluding hydrogens is 391 g/mol. The molecule has 1 atom stereocenters. The van der Waals surface area contributed by atoms with Crippen LogP contribution in [0.25, 0.3) is 0 Å². The van der Waals surface area contributed by atoms with E-state index in [4.69, 9.17) is 0 Å². The van der Waals surface area contributed by atoms with E-state index in [1.54, 1.807) is 0 Å². The Labute approximate surface area is 184 Å². The molecule has 2 saturated heterocycles. The van der Waals surface area contributed by atoms with Crippen molar-refractivity contribution in [3.8, 4) is 0 Å². The summed E-state index contributed by atoms with van der Waals surface area (Å²) in [5.74, 6) is 0.178. The Morgan fingerprint density at radius 2 is 1.55 bits per heavy atom. The Morgan fingerprint density at radius 3 is 2.19 bits per heavy atom. The molecule has 2 fully saturated rings. The van der Waals surface area contributed by atoms with E-state index in [0.29, 0.717) is 24.1 Å². The highest BCUT2D eigenvalue weighted by atomic mass is 19.1. The minimum atomic E-state index is -0.212. The molecular formula is C25H33FN4O. The second-order valence-electron chi connectivity index (χ2n) is 8.95. The number of halogens is 1. The maximum Gasteiger partial charge on any atom is 0.251 e. The van der Waals surface area contributed by atoms with Crippen molar-refractivity contribution in [2.75, 3.05) is 55.6 Å². The predicted octanol–water partition coefficient (Wildman–Crippen LogP) is 3.61. The summed E-state index contributed by atoms with van der Waals surface area (Å²) in [6.07, 6.45) is 1.03. The van der Waals surface area contributed by atoms with Gasteiger partial charge in [-0.25, -0.2) is 4.39 Å². The zero-order chi connectivity index (χ0) is 21.8. The molecule has 31 heavy (non-hydrogen) atoms. The average molecular weight is 425 g/mol. The van der Waals surface area contributed by atoms with Crippen molar-refractivity contribution in [2.24, 2.45) is 5.92 Å². The van der Waals surface area contributed by atoms with Crippen LogP contribution in [0.1, 0.15) is 30.6 Å². The summed E-state index contributed by atoms with van der Waals surface area (Å²) in [6, 6.07) is 15.2. The molecule has 0 radical (unpaired) electrons. The Morgan fingerprint density at radius 1 is 0.935 bits per heavy atom. The second-order valence-corrected chi connectivity index (χ2v) is 8.95. The van der Waals surface area contributed by atoms with E-state index < -0.39 is 0 Å². The molecule has 2 aromatic rings. The number of piperazine rings is 1. The maximum absolute atomic E-state index is 13.1. The molecule has 2 heterocycles. The highest BCUT2D eigenvalue weighted by molar-refractivity contribution is 5.94. The summed E-state index contributed by atoms with van der Waals surface area (Å²) < 4.78 is 13.1. The van der Waals surface area contributed by atoms with E-state index in [2.05, 4.69) is 46.0 Å². The van der Waals surface area contributed by atoms with Crippen LogP contribution >= 0.6 is 0 Å². The lowest BCUT2D eigenvalue weighted by molar-refractivity contribution is 0.0948. The van der Waals surface area contributed by atoms with Gasteiger partial charge in [-0.05, 0) is 74.7 Å². The number of rotatable bonds is 6. The van der Waals surface area contributed by atoms with Crippen molar-refractivity contribution < 1.29 is 9.18 Å². The number of carbonyl (C=O) groups excluding carboxylic acids is 1. The standard InChI is InChI=1S/C25H33FN4O/c1-19(2)28-13-15-29(16-14-28)23-7-3-21(4-8-23)25(31)27-17-20-11-12-30(18-20)24-9-5-22(26)6-10-24/h3-10,19-20H,11-18H2,1-2H3,(H,27,31). The van der Waals surface area contributed by atoms with Gasteiger partial charge >= 0.3 is 0 Å². The number of hydrogen-bond donors (Lipinski definition) is 1. The van der Waals surface area contributed by atoms with Gasteiger partial charge < -0.3 is 15.1 Å². The average Bonchev–Trinajstić information content (AvgIpc) is 3.27. The highest BCUT2D eigenvalue weighted by Gasteiger charge is 2.23. The first kappa shape index (κ1) is 21.6. The number of nitrogens with one attached hydrogen (secondary N) is 1. The van der Waals surface area contributed by atoms with E-state index in [1.165, 1.54) is 17.8 Å². The first-order chi connectivity index (χ1) is 15.0. The van der Waals surface area contributed by atoms with Crippen LogP contribution in [0, 0.1) is 11.7 Å². The lowest BCUT2D eigenvalue weighted by Gasteiger charge is -2.38. The van der Waals surface area contributed by atoms with E-state index in [1.807, 2.05) is 24.3 Å². The summed E-state index contributed by atoms with van der Waals surface area (Å²) in [6.45, 7) is 11.2. The summed E-state index contributed by atoms with van der Waals surface area (Å²) in [5, 5.41) is 3.09. The van der Waals surface area contributed by atoms with Gasteiger partial charge in [0.2, 0.25) is 0 Å². The van der Waals surface area contributed by atoms with Gasteiger partial charge in [0.15, 0.2) is 0 Å². The first-order valence-corrected chi connectivity index (χ1v) is 11.4. The quantitative estimate of drug-likeness (QED) is 0.769. The Balaban J connectivity index is 1.24. The number of amides is 1. The van der Waals surface area contributed by atoms with Crippen molar-refractivity contribution in [2.45, 2.75) is 26.3 Å². The maximum atomic E-state index is 13.1. The van der Waals surface area contributed by atoms with E-state index in [-0.39, 0.29) is 11.7 Å². The molecule has 0 spiro atoms. The molecule has 0 saturated carbocycles. The lowest BCUT2D eigenvalue weighted by Crippen LogP contribution is -2.48.